The second-order valence-electron chi connectivity index (χ2n) is 0.690. The largest absolute Gasteiger partial charge is 0.247 e. The van der Waals surface area contributed by atoms with Gasteiger partial charge in [-0.15, -0.1) is 4.40 Å². The highest BCUT2D eigenvalue weighted by Gasteiger charge is 1.74. The van der Waals surface area contributed by atoms with E-state index in [-0.39, 0.29) is 5.88 Å². The summed E-state index contributed by atoms with van der Waals surface area (Å²) in [6, 6.07) is 0. The third-order valence-corrected chi connectivity index (χ3v) is 0.737. The highest BCUT2D eigenvalue weighted by atomic mass is 32.2. The summed E-state index contributed by atoms with van der Waals surface area (Å²) in [7, 11) is 0. The van der Waals surface area contributed by atoms with Crippen LogP contribution < -0.4 is 0 Å². The summed E-state index contributed by atoms with van der Waals surface area (Å²) < 4.78 is 3.05. The molecular weight excluding hydrogens is 128 g/mol. The van der Waals surface area contributed by atoms with Crippen LogP contribution in [0.2, 0.25) is 0 Å². The van der Waals surface area contributed by atoms with Crippen molar-refractivity contribution in [2.24, 2.45) is 9.39 Å². The topological polar surface area (TPSA) is 58.9 Å². The Labute approximate surface area is 49.8 Å². The molecule has 0 aromatic rings. The Morgan fingerprint density at radius 2 is 2.12 bits per heavy atom. The smallest absolute Gasteiger partial charge is 0.211 e. The molecular formula is C3H2N2O2S. The monoisotopic (exact) mass is 130 g/mol. The Balaban J connectivity index is 3.18. The summed E-state index contributed by atoms with van der Waals surface area (Å²) in [5.74, 6) is 0.138. The normalized spacial score (nSPS) is 6.50. The molecule has 0 aliphatic heterocycles. The minimum atomic E-state index is 0.138. The third kappa shape index (κ3) is 5.11. The molecule has 4 nitrogen and oxygen atoms in total. The summed E-state index contributed by atoms with van der Waals surface area (Å²) in [5, 5.41) is 0. The van der Waals surface area contributed by atoms with Crippen LogP contribution in [0.25, 0.3) is 0 Å². The van der Waals surface area contributed by atoms with E-state index >= 15 is 0 Å². The lowest BCUT2D eigenvalue weighted by Crippen LogP contribution is -1.62. The van der Waals surface area contributed by atoms with E-state index in [0.29, 0.717) is 0 Å². The van der Waals surface area contributed by atoms with E-state index in [9.17, 15) is 9.59 Å². The molecule has 0 unspecified atom stereocenters. The maximum absolute atomic E-state index is 9.32. The molecule has 0 rings (SSSR count). The van der Waals surface area contributed by atoms with E-state index < -0.39 is 0 Å². The zero-order chi connectivity index (χ0) is 6.24. The zero-order valence-electron chi connectivity index (χ0n) is 3.83. The van der Waals surface area contributed by atoms with Crippen molar-refractivity contribution in [2.75, 3.05) is 5.88 Å². The predicted molar refractivity (Wildman–Crippen MR) is 28.7 cm³/mol. The second-order valence-corrected chi connectivity index (χ2v) is 1.39. The summed E-state index contributed by atoms with van der Waals surface area (Å²) in [5.41, 5.74) is 0. The number of rotatable bonds is 3. The van der Waals surface area contributed by atoms with Crippen LogP contribution in [0, 0.1) is 0 Å². The Morgan fingerprint density at radius 1 is 1.38 bits per heavy atom. The van der Waals surface area contributed by atoms with Crippen molar-refractivity contribution in [3.05, 3.63) is 0 Å². The first kappa shape index (κ1) is 7.11. The lowest BCUT2D eigenvalue weighted by atomic mass is 11.4. The minimum Gasteiger partial charge on any atom is -0.211 e. The van der Waals surface area contributed by atoms with Gasteiger partial charge in [0.05, 0.1) is 0 Å². The van der Waals surface area contributed by atoms with Crippen molar-refractivity contribution in [3.63, 3.8) is 0 Å². The van der Waals surface area contributed by atoms with Crippen LogP contribution in [0.1, 0.15) is 0 Å². The van der Waals surface area contributed by atoms with Gasteiger partial charge in [0.1, 0.15) is 5.88 Å². The Kier molecular flexibility index (Phi) is 5.43. The summed E-state index contributed by atoms with van der Waals surface area (Å²) in [6.45, 7) is 0. The van der Waals surface area contributed by atoms with Crippen molar-refractivity contribution in [1.82, 2.24) is 0 Å². The van der Waals surface area contributed by atoms with E-state index in [2.05, 4.69) is 9.39 Å². The molecule has 0 radical (unpaired) electrons. The first-order valence-corrected chi connectivity index (χ1v) is 2.59. The Hall–Kier alpha value is -0.890. The van der Waals surface area contributed by atoms with Gasteiger partial charge in [-0.1, -0.05) is 0 Å². The second kappa shape index (κ2) is 6.11. The quantitative estimate of drug-likeness (QED) is 0.238. The van der Waals surface area contributed by atoms with E-state index in [4.69, 9.17) is 0 Å². The maximum Gasteiger partial charge on any atom is 0.247 e. The fourth-order valence-electron chi connectivity index (χ4n) is 0.110. The fraction of sp³-hybridized carbons (Fsp3) is 0.333. The van der Waals surface area contributed by atoms with Crippen molar-refractivity contribution >= 4 is 24.1 Å². The molecule has 0 heterocycles. The Bertz CT molecular complexity index is 127. The van der Waals surface area contributed by atoms with Crippen LogP contribution in [0.4, 0.5) is 0 Å². The first-order valence-electron chi connectivity index (χ1n) is 1.64. The summed E-state index contributed by atoms with van der Waals surface area (Å²) >= 11 is 0.850. The van der Waals surface area contributed by atoms with Gasteiger partial charge < -0.3 is 0 Å². The Morgan fingerprint density at radius 3 is 2.62 bits per heavy atom. The average molecular weight is 130 g/mol. The van der Waals surface area contributed by atoms with Crippen molar-refractivity contribution in [2.45, 2.75) is 0 Å². The number of nitrogens with zero attached hydrogens (tertiary/aromatic N) is 2. The van der Waals surface area contributed by atoms with Gasteiger partial charge in [-0.25, -0.2) is 9.59 Å². The molecule has 0 amide bonds. The van der Waals surface area contributed by atoms with Crippen LogP contribution in [-0.4, -0.2) is 18.0 Å². The molecule has 5 heteroatoms. The van der Waals surface area contributed by atoms with Crippen LogP contribution in [0.15, 0.2) is 9.39 Å². The average Bonchev–Trinajstić information content (AvgIpc) is 1.81. The van der Waals surface area contributed by atoms with E-state index in [1.165, 1.54) is 12.2 Å². The van der Waals surface area contributed by atoms with E-state index in [1.807, 2.05) is 0 Å². The molecule has 0 spiro atoms. The van der Waals surface area contributed by atoms with Crippen molar-refractivity contribution in [3.8, 4) is 0 Å². The number of aliphatic imine (C=N–C) groups is 1. The molecule has 0 fully saturated rings. The van der Waals surface area contributed by atoms with Crippen LogP contribution in [-0.2, 0) is 9.59 Å². The molecule has 0 N–H and O–H groups in total. The number of isocyanates is 2. The standard InChI is InChI=1S/C3H2N2O2S/c6-1-4-3-8-5-2-7/h3H2. The minimum absolute atomic E-state index is 0.138. The van der Waals surface area contributed by atoms with E-state index in [0.717, 1.165) is 11.9 Å². The first-order chi connectivity index (χ1) is 3.91. The highest BCUT2D eigenvalue weighted by Crippen LogP contribution is 1.97. The molecule has 0 aromatic heterocycles. The van der Waals surface area contributed by atoms with Gasteiger partial charge in [-0.2, -0.15) is 4.99 Å². The van der Waals surface area contributed by atoms with Gasteiger partial charge in [-0.3, -0.25) is 0 Å². The number of carbonyl (C=O) groups excluding carboxylic acids is 2. The molecule has 0 bridgehead atoms. The third-order valence-electron chi connectivity index (χ3n) is 0.289. The molecule has 0 aliphatic carbocycles. The number of hydrogen-bond acceptors (Lipinski definition) is 5. The lowest BCUT2D eigenvalue weighted by Gasteiger charge is -1.73. The predicted octanol–water partition coefficient (Wildman–Crippen LogP) is 0.264. The molecule has 0 aromatic carbocycles. The van der Waals surface area contributed by atoms with Gasteiger partial charge in [0, 0.05) is 11.9 Å². The molecule has 0 saturated heterocycles. The molecule has 0 saturated carbocycles. The summed E-state index contributed by atoms with van der Waals surface area (Å²) in [4.78, 5) is 21.7. The van der Waals surface area contributed by atoms with Gasteiger partial charge in [-0.05, 0) is 0 Å². The lowest BCUT2D eigenvalue weighted by molar-refractivity contribution is 0.563. The van der Waals surface area contributed by atoms with Gasteiger partial charge in [0.2, 0.25) is 12.2 Å². The zero-order valence-corrected chi connectivity index (χ0v) is 4.64. The number of hydrogen-bond donors (Lipinski definition) is 0. The van der Waals surface area contributed by atoms with E-state index in [1.54, 1.807) is 0 Å². The van der Waals surface area contributed by atoms with Crippen molar-refractivity contribution in [1.29, 1.82) is 0 Å². The molecule has 0 aliphatic rings. The van der Waals surface area contributed by atoms with Gasteiger partial charge in [0.15, 0.2) is 0 Å². The van der Waals surface area contributed by atoms with Crippen LogP contribution >= 0.6 is 11.9 Å². The SMILES string of the molecule is O=C=NCSN=C=O. The highest BCUT2D eigenvalue weighted by molar-refractivity contribution is 7.98. The summed E-state index contributed by atoms with van der Waals surface area (Å²) in [6.07, 6.45) is 2.57. The van der Waals surface area contributed by atoms with Crippen LogP contribution in [0.3, 0.4) is 0 Å². The molecule has 8 heavy (non-hydrogen) atoms. The van der Waals surface area contributed by atoms with Gasteiger partial charge in [0.25, 0.3) is 0 Å². The maximum atomic E-state index is 9.32. The van der Waals surface area contributed by atoms with Crippen molar-refractivity contribution < 1.29 is 9.59 Å². The van der Waals surface area contributed by atoms with Crippen LogP contribution in [0.5, 0.6) is 0 Å². The molecule has 0 atom stereocenters. The fourth-order valence-corrected chi connectivity index (χ4v) is 0.331. The molecule has 42 valence electrons. The van der Waals surface area contributed by atoms with Gasteiger partial charge >= 0.3 is 0 Å².